The van der Waals surface area contributed by atoms with E-state index in [0.29, 0.717) is 24.3 Å². The summed E-state index contributed by atoms with van der Waals surface area (Å²) in [5, 5.41) is 5.44. The quantitative estimate of drug-likeness (QED) is 0.726. The number of ether oxygens (including phenoxy) is 1. The van der Waals surface area contributed by atoms with Gasteiger partial charge in [0.1, 0.15) is 5.75 Å². The van der Waals surface area contributed by atoms with Gasteiger partial charge in [-0.05, 0) is 48.4 Å². The fraction of sp³-hybridized carbons (Fsp3) is 0.300. The lowest BCUT2D eigenvalue weighted by atomic mass is 10.1. The molecule has 0 bridgehead atoms. The number of amides is 2. The van der Waals surface area contributed by atoms with Gasteiger partial charge in [-0.15, -0.1) is 0 Å². The van der Waals surface area contributed by atoms with Crippen molar-refractivity contribution in [1.82, 2.24) is 10.6 Å². The number of nitrogens with one attached hydrogen (secondary N) is 2. The molecule has 2 amide bonds. The van der Waals surface area contributed by atoms with Crippen LogP contribution in [0.4, 0.5) is 0 Å². The van der Waals surface area contributed by atoms with Gasteiger partial charge in [0.2, 0.25) is 0 Å². The molecule has 2 N–H and O–H groups in total. The average molecular weight is 340 g/mol. The van der Waals surface area contributed by atoms with E-state index in [4.69, 9.17) is 4.74 Å². The average Bonchev–Trinajstić information content (AvgIpc) is 2.66. The molecule has 0 aliphatic heterocycles. The van der Waals surface area contributed by atoms with Crippen LogP contribution in [0.2, 0.25) is 0 Å². The van der Waals surface area contributed by atoms with Gasteiger partial charge in [-0.3, -0.25) is 9.59 Å². The fourth-order valence-electron chi connectivity index (χ4n) is 2.24. The van der Waals surface area contributed by atoms with Crippen molar-refractivity contribution < 1.29 is 14.3 Å². The van der Waals surface area contributed by atoms with Crippen LogP contribution in [-0.4, -0.2) is 25.5 Å². The lowest BCUT2D eigenvalue weighted by Crippen LogP contribution is -2.23. The van der Waals surface area contributed by atoms with Crippen LogP contribution in [-0.2, 0) is 6.54 Å². The highest BCUT2D eigenvalue weighted by Crippen LogP contribution is 2.13. The first-order valence-corrected chi connectivity index (χ1v) is 8.46. The number of unbranched alkanes of at least 4 members (excludes halogenated alkanes) is 1. The number of hydrogen-bond acceptors (Lipinski definition) is 3. The Morgan fingerprint density at radius 1 is 0.920 bits per heavy atom. The molecule has 0 aliphatic carbocycles. The van der Waals surface area contributed by atoms with Crippen LogP contribution in [0.15, 0.2) is 48.5 Å². The minimum atomic E-state index is -0.143. The van der Waals surface area contributed by atoms with Crippen molar-refractivity contribution in [1.29, 1.82) is 0 Å². The van der Waals surface area contributed by atoms with Gasteiger partial charge in [-0.1, -0.05) is 25.5 Å². The lowest BCUT2D eigenvalue weighted by Gasteiger charge is -2.08. The van der Waals surface area contributed by atoms with E-state index < -0.39 is 0 Å². The number of carbonyl (C=O) groups excluding carboxylic acids is 2. The zero-order chi connectivity index (χ0) is 18.1. The summed E-state index contributed by atoms with van der Waals surface area (Å²) in [5.74, 6) is 0.502. The lowest BCUT2D eigenvalue weighted by molar-refractivity contribution is 0.0946. The third kappa shape index (κ3) is 5.64. The molecular weight excluding hydrogens is 316 g/mol. The maximum Gasteiger partial charge on any atom is 0.251 e. The van der Waals surface area contributed by atoms with E-state index in [1.165, 1.54) is 0 Å². The maximum atomic E-state index is 12.2. The minimum absolute atomic E-state index is 0.128. The van der Waals surface area contributed by atoms with Crippen molar-refractivity contribution in [3.8, 4) is 5.75 Å². The molecule has 132 valence electrons. The van der Waals surface area contributed by atoms with Crippen LogP contribution >= 0.6 is 0 Å². The number of hydrogen-bond donors (Lipinski definition) is 2. The van der Waals surface area contributed by atoms with Crippen molar-refractivity contribution in [2.75, 3.05) is 13.7 Å². The molecule has 0 aliphatic rings. The summed E-state index contributed by atoms with van der Waals surface area (Å²) in [7, 11) is 1.59. The van der Waals surface area contributed by atoms with Crippen LogP contribution in [0.5, 0.6) is 5.75 Å². The highest BCUT2D eigenvalue weighted by atomic mass is 16.5. The zero-order valence-electron chi connectivity index (χ0n) is 14.7. The molecule has 0 aromatic heterocycles. The molecule has 5 heteroatoms. The summed E-state index contributed by atoms with van der Waals surface area (Å²) < 4.78 is 5.59. The highest BCUT2D eigenvalue weighted by molar-refractivity contribution is 5.94. The van der Waals surface area contributed by atoms with Gasteiger partial charge in [0.25, 0.3) is 11.8 Å². The first-order chi connectivity index (χ1) is 12.1. The molecule has 2 rings (SSSR count). The number of benzene rings is 2. The second-order valence-corrected chi connectivity index (χ2v) is 5.69. The largest absolute Gasteiger partial charge is 0.494 e. The Hall–Kier alpha value is -2.82. The molecule has 0 saturated heterocycles. The third-order valence-electron chi connectivity index (χ3n) is 3.78. The molecular formula is C20H24N2O3. The van der Waals surface area contributed by atoms with Crippen LogP contribution in [0.25, 0.3) is 0 Å². The summed E-state index contributed by atoms with van der Waals surface area (Å²) in [6, 6.07) is 14.3. The van der Waals surface area contributed by atoms with Gasteiger partial charge < -0.3 is 15.4 Å². The molecule has 0 atom stereocenters. The predicted octanol–water partition coefficient (Wildman–Crippen LogP) is 3.16. The predicted molar refractivity (Wildman–Crippen MR) is 97.8 cm³/mol. The first kappa shape index (κ1) is 18.5. The van der Waals surface area contributed by atoms with Gasteiger partial charge in [0, 0.05) is 24.7 Å². The van der Waals surface area contributed by atoms with Gasteiger partial charge >= 0.3 is 0 Å². The molecule has 0 radical (unpaired) electrons. The Kier molecular flexibility index (Phi) is 7.01. The topological polar surface area (TPSA) is 67.4 Å². The maximum absolute atomic E-state index is 12.2. The summed E-state index contributed by atoms with van der Waals surface area (Å²) >= 11 is 0. The Balaban J connectivity index is 1.86. The van der Waals surface area contributed by atoms with Gasteiger partial charge in [0.05, 0.1) is 6.61 Å². The second kappa shape index (κ2) is 9.47. The Morgan fingerprint density at radius 3 is 2.12 bits per heavy atom. The van der Waals surface area contributed by atoms with Gasteiger partial charge in [-0.25, -0.2) is 0 Å². The Labute approximate surface area is 148 Å². The van der Waals surface area contributed by atoms with E-state index in [1.54, 1.807) is 31.3 Å². The first-order valence-electron chi connectivity index (χ1n) is 8.46. The second-order valence-electron chi connectivity index (χ2n) is 5.69. The molecule has 25 heavy (non-hydrogen) atoms. The molecule has 2 aromatic carbocycles. The molecule has 0 heterocycles. The van der Waals surface area contributed by atoms with Crippen molar-refractivity contribution in [2.45, 2.75) is 26.3 Å². The number of carbonyl (C=O) groups is 2. The van der Waals surface area contributed by atoms with Gasteiger partial charge in [0.15, 0.2) is 0 Å². The summed E-state index contributed by atoms with van der Waals surface area (Å²) in [4.78, 5) is 23.7. The summed E-state index contributed by atoms with van der Waals surface area (Å²) in [6.07, 6.45) is 2.10. The monoisotopic (exact) mass is 340 g/mol. The SMILES string of the molecule is CCCCOc1ccc(C(=O)NCc2ccc(C(=O)NC)cc2)cc1. The third-order valence-corrected chi connectivity index (χ3v) is 3.78. The standard InChI is InChI=1S/C20H24N2O3/c1-3-4-13-25-18-11-9-17(10-12-18)20(24)22-14-15-5-7-16(8-6-15)19(23)21-2/h5-12H,3-4,13-14H2,1-2H3,(H,21,23)(H,22,24). The molecule has 0 saturated carbocycles. The van der Waals surface area contributed by atoms with E-state index in [1.807, 2.05) is 24.3 Å². The molecule has 0 fully saturated rings. The van der Waals surface area contributed by atoms with Crippen molar-refractivity contribution in [3.05, 3.63) is 65.2 Å². The number of rotatable bonds is 8. The highest BCUT2D eigenvalue weighted by Gasteiger charge is 2.07. The molecule has 5 nitrogen and oxygen atoms in total. The van der Waals surface area contributed by atoms with Crippen molar-refractivity contribution >= 4 is 11.8 Å². The normalized spacial score (nSPS) is 10.2. The van der Waals surface area contributed by atoms with Crippen LogP contribution in [0, 0.1) is 0 Å². The van der Waals surface area contributed by atoms with E-state index in [2.05, 4.69) is 17.6 Å². The summed E-state index contributed by atoms with van der Waals surface area (Å²) in [6.45, 7) is 3.21. The van der Waals surface area contributed by atoms with E-state index >= 15 is 0 Å². The summed E-state index contributed by atoms with van der Waals surface area (Å²) in [5.41, 5.74) is 2.11. The molecule has 0 unspecified atom stereocenters. The van der Waals surface area contributed by atoms with Crippen LogP contribution in [0.3, 0.4) is 0 Å². The fourth-order valence-corrected chi connectivity index (χ4v) is 2.24. The smallest absolute Gasteiger partial charge is 0.251 e. The van der Waals surface area contributed by atoms with Crippen LogP contribution in [0.1, 0.15) is 46.0 Å². The van der Waals surface area contributed by atoms with E-state index in [0.717, 1.165) is 24.2 Å². The van der Waals surface area contributed by atoms with E-state index in [-0.39, 0.29) is 11.8 Å². The Bertz CT molecular complexity index is 694. The van der Waals surface area contributed by atoms with Crippen molar-refractivity contribution in [3.63, 3.8) is 0 Å². The van der Waals surface area contributed by atoms with Crippen molar-refractivity contribution in [2.24, 2.45) is 0 Å². The van der Waals surface area contributed by atoms with Gasteiger partial charge in [-0.2, -0.15) is 0 Å². The zero-order valence-corrected chi connectivity index (χ0v) is 14.7. The minimum Gasteiger partial charge on any atom is -0.494 e. The molecule has 0 spiro atoms. The van der Waals surface area contributed by atoms with E-state index in [9.17, 15) is 9.59 Å². The Morgan fingerprint density at radius 2 is 1.52 bits per heavy atom. The molecule has 2 aromatic rings. The van der Waals surface area contributed by atoms with Crippen LogP contribution < -0.4 is 15.4 Å².